The van der Waals surface area contributed by atoms with Gasteiger partial charge >= 0.3 is 11.9 Å². The van der Waals surface area contributed by atoms with E-state index >= 15 is 0 Å². The molecule has 0 spiro atoms. The number of ether oxygens (including phenoxy) is 1. The number of fused-ring (bicyclic) bond motifs is 1. The molecule has 2 aliphatic rings. The first-order valence-electron chi connectivity index (χ1n) is 8.19. The van der Waals surface area contributed by atoms with E-state index in [4.69, 9.17) is 4.74 Å². The van der Waals surface area contributed by atoms with Crippen LogP contribution in [0, 0.1) is 0 Å². The molecule has 1 aromatic rings. The van der Waals surface area contributed by atoms with E-state index in [-0.39, 0.29) is 18.0 Å². The van der Waals surface area contributed by atoms with Crippen LogP contribution in [-0.2, 0) is 30.3 Å². The summed E-state index contributed by atoms with van der Waals surface area (Å²) in [6.45, 7) is 2.81. The number of β-lactam (4-membered cyclic amide) rings is 1. The lowest BCUT2D eigenvalue weighted by Gasteiger charge is -2.49. The molecule has 1 saturated heterocycles. The van der Waals surface area contributed by atoms with Gasteiger partial charge in [0, 0.05) is 23.1 Å². The Balaban J connectivity index is 1.74. The van der Waals surface area contributed by atoms with E-state index in [0.717, 1.165) is 4.88 Å². The van der Waals surface area contributed by atoms with Crippen molar-refractivity contribution < 1.29 is 29.0 Å². The molecule has 0 bridgehead atoms. The Morgan fingerprint density at radius 3 is 2.78 bits per heavy atom. The van der Waals surface area contributed by atoms with Crippen molar-refractivity contribution >= 4 is 46.9 Å². The fourth-order valence-corrected chi connectivity index (χ4v) is 5.23. The smallest absolute Gasteiger partial charge is 0.352 e. The van der Waals surface area contributed by atoms with Gasteiger partial charge in [0.1, 0.15) is 23.2 Å². The van der Waals surface area contributed by atoms with E-state index < -0.39 is 35.4 Å². The zero-order chi connectivity index (χ0) is 19.7. The highest BCUT2D eigenvalue weighted by Gasteiger charge is 2.54. The number of esters is 1. The molecule has 2 amide bonds. The minimum absolute atomic E-state index is 0.166. The Bertz CT molecular complexity index is 819. The number of hydrogen-bond acceptors (Lipinski definition) is 7. The number of thioether (sulfide) groups is 1. The van der Waals surface area contributed by atoms with Gasteiger partial charge in [-0.05, 0) is 18.4 Å². The first-order chi connectivity index (χ1) is 12.8. The van der Waals surface area contributed by atoms with Gasteiger partial charge in [-0.2, -0.15) is 0 Å². The summed E-state index contributed by atoms with van der Waals surface area (Å²) in [6, 6.07) is 2.92. The van der Waals surface area contributed by atoms with E-state index in [2.05, 4.69) is 5.32 Å². The predicted octanol–water partition coefficient (Wildman–Crippen LogP) is 0.981. The zero-order valence-electron chi connectivity index (χ0n) is 14.6. The third-order valence-electron chi connectivity index (χ3n) is 4.27. The molecule has 0 saturated carbocycles. The summed E-state index contributed by atoms with van der Waals surface area (Å²) in [6.07, 6.45) is -0.572. The van der Waals surface area contributed by atoms with Gasteiger partial charge in [0.05, 0.1) is 6.42 Å². The fraction of sp³-hybridized carbons (Fsp3) is 0.412. The maximum absolute atomic E-state index is 12.5. The van der Waals surface area contributed by atoms with Crippen LogP contribution in [0.4, 0.5) is 0 Å². The molecule has 0 aromatic carbocycles. The molecule has 2 N–H and O–H groups in total. The Kier molecular flexibility index (Phi) is 5.56. The zero-order valence-corrected chi connectivity index (χ0v) is 16.3. The van der Waals surface area contributed by atoms with Gasteiger partial charge in [0.2, 0.25) is 5.91 Å². The first kappa shape index (κ1) is 19.4. The van der Waals surface area contributed by atoms with Gasteiger partial charge < -0.3 is 15.2 Å². The number of carboxylic acids is 1. The van der Waals surface area contributed by atoms with Gasteiger partial charge in [0.25, 0.3) is 5.91 Å². The largest absolute Gasteiger partial charge is 0.477 e. The second kappa shape index (κ2) is 7.73. The number of hydrogen-bond donors (Lipinski definition) is 2. The van der Waals surface area contributed by atoms with Crippen molar-refractivity contribution in [3.63, 3.8) is 0 Å². The molecule has 10 heteroatoms. The van der Waals surface area contributed by atoms with E-state index in [0.29, 0.717) is 11.3 Å². The summed E-state index contributed by atoms with van der Waals surface area (Å²) < 4.78 is 5.08. The lowest BCUT2D eigenvalue weighted by atomic mass is 10.0. The molecule has 1 aromatic heterocycles. The van der Waals surface area contributed by atoms with E-state index in [1.807, 2.05) is 17.5 Å². The fourth-order valence-electron chi connectivity index (χ4n) is 3.07. The molecule has 2 aliphatic heterocycles. The molecular weight excluding hydrogens is 392 g/mol. The molecule has 2 unspecified atom stereocenters. The molecule has 3 atom stereocenters. The van der Waals surface area contributed by atoms with Gasteiger partial charge in [-0.15, -0.1) is 23.1 Å². The molecule has 0 aliphatic carbocycles. The Labute approximate surface area is 163 Å². The minimum atomic E-state index is -1.26. The first-order valence-corrected chi connectivity index (χ1v) is 10.1. The van der Waals surface area contributed by atoms with E-state index in [1.54, 1.807) is 6.92 Å². The van der Waals surface area contributed by atoms with Gasteiger partial charge in [-0.1, -0.05) is 6.07 Å². The normalized spacial score (nSPS) is 22.6. The van der Waals surface area contributed by atoms with Gasteiger partial charge in [0.15, 0.2) is 0 Å². The standard InChI is InChI=1S/C17H18N2O6S2/c1-8(25-9(2)20)11-7-27-16-13(15(22)19(16)14(11)17(23)24)18-12(21)6-10-4-3-5-26-10/h3-5,8,13,16H,6-7H2,1-2H3,(H,18,21)(H,23,24)/t8?,13?,16-/m1/s1. The molecule has 1 fully saturated rings. The maximum atomic E-state index is 12.5. The number of amides is 2. The molecular formula is C17H18N2O6S2. The number of aliphatic carboxylic acids is 1. The van der Waals surface area contributed by atoms with Crippen LogP contribution < -0.4 is 5.32 Å². The van der Waals surface area contributed by atoms with E-state index in [9.17, 15) is 24.3 Å². The molecule has 8 nitrogen and oxygen atoms in total. The van der Waals surface area contributed by atoms with Gasteiger partial charge in [-0.3, -0.25) is 19.3 Å². The Hall–Kier alpha value is -2.33. The number of carboxylic acid groups (broad SMARTS) is 1. The highest BCUT2D eigenvalue weighted by Crippen LogP contribution is 2.41. The van der Waals surface area contributed by atoms with Crippen LogP contribution >= 0.6 is 23.1 Å². The van der Waals surface area contributed by atoms with Crippen LogP contribution in [0.2, 0.25) is 0 Å². The number of carbonyl (C=O) groups is 4. The lowest BCUT2D eigenvalue weighted by Crippen LogP contribution is -2.70. The van der Waals surface area contributed by atoms with Crippen LogP contribution in [0.1, 0.15) is 18.7 Å². The molecule has 3 heterocycles. The minimum Gasteiger partial charge on any atom is -0.477 e. The van der Waals surface area contributed by atoms with Crippen LogP contribution in [0.15, 0.2) is 28.8 Å². The second-order valence-electron chi connectivity index (χ2n) is 6.14. The summed E-state index contributed by atoms with van der Waals surface area (Å²) in [4.78, 5) is 49.7. The van der Waals surface area contributed by atoms with Crippen molar-refractivity contribution in [3.05, 3.63) is 33.7 Å². The van der Waals surface area contributed by atoms with Crippen LogP contribution in [-0.4, -0.2) is 57.0 Å². The number of carbonyl (C=O) groups excluding carboxylic acids is 3. The van der Waals surface area contributed by atoms with Crippen molar-refractivity contribution in [2.75, 3.05) is 5.75 Å². The van der Waals surface area contributed by atoms with E-state index in [1.165, 1.54) is 34.9 Å². The third-order valence-corrected chi connectivity index (χ3v) is 6.44. The SMILES string of the molecule is CC(=O)OC(C)C1=C(C(=O)O)N2C(=O)C(NC(=O)Cc3cccs3)[C@H]2SC1. The van der Waals surface area contributed by atoms with Crippen molar-refractivity contribution in [2.45, 2.75) is 37.8 Å². The summed E-state index contributed by atoms with van der Waals surface area (Å²) in [7, 11) is 0. The lowest BCUT2D eigenvalue weighted by molar-refractivity contribution is -0.151. The quantitative estimate of drug-likeness (QED) is 0.531. The average molecular weight is 410 g/mol. The third kappa shape index (κ3) is 3.86. The molecule has 144 valence electrons. The predicted molar refractivity (Wildman–Crippen MR) is 98.9 cm³/mol. The van der Waals surface area contributed by atoms with Crippen LogP contribution in [0.25, 0.3) is 0 Å². The Morgan fingerprint density at radius 1 is 1.44 bits per heavy atom. The summed E-state index contributed by atoms with van der Waals surface area (Å²) in [5.74, 6) is -2.25. The Morgan fingerprint density at radius 2 is 2.19 bits per heavy atom. The highest BCUT2D eigenvalue weighted by atomic mass is 32.2. The number of thiophene rings is 1. The van der Waals surface area contributed by atoms with Crippen molar-refractivity contribution in [1.29, 1.82) is 0 Å². The maximum Gasteiger partial charge on any atom is 0.352 e. The number of nitrogens with one attached hydrogen (secondary N) is 1. The number of rotatable bonds is 6. The molecule has 3 rings (SSSR count). The monoisotopic (exact) mass is 410 g/mol. The van der Waals surface area contributed by atoms with Crippen LogP contribution in [0.5, 0.6) is 0 Å². The van der Waals surface area contributed by atoms with Gasteiger partial charge in [-0.25, -0.2) is 4.79 Å². The highest BCUT2D eigenvalue weighted by molar-refractivity contribution is 8.00. The second-order valence-corrected chi connectivity index (χ2v) is 8.28. The van der Waals surface area contributed by atoms with Crippen molar-refractivity contribution in [3.8, 4) is 0 Å². The topological polar surface area (TPSA) is 113 Å². The average Bonchev–Trinajstić information content (AvgIpc) is 3.10. The number of nitrogens with zero attached hydrogens (tertiary/aromatic N) is 1. The van der Waals surface area contributed by atoms with Crippen molar-refractivity contribution in [1.82, 2.24) is 10.2 Å². The van der Waals surface area contributed by atoms with Crippen molar-refractivity contribution in [2.24, 2.45) is 0 Å². The molecule has 0 radical (unpaired) electrons. The van der Waals surface area contributed by atoms with Crippen LogP contribution in [0.3, 0.4) is 0 Å². The summed E-state index contributed by atoms with van der Waals surface area (Å²) >= 11 is 2.79. The molecule has 27 heavy (non-hydrogen) atoms. The summed E-state index contributed by atoms with van der Waals surface area (Å²) in [5.41, 5.74) is 0.205. The summed E-state index contributed by atoms with van der Waals surface area (Å²) in [5, 5.41) is 13.7.